The highest BCUT2D eigenvalue weighted by Gasteiger charge is 2.31. The first-order chi connectivity index (χ1) is 13.0. The zero-order valence-electron chi connectivity index (χ0n) is 15.2. The number of hydrogen-bond donors (Lipinski definition) is 1. The van der Waals surface area contributed by atoms with Crippen molar-refractivity contribution in [3.63, 3.8) is 0 Å². The van der Waals surface area contributed by atoms with E-state index in [0.29, 0.717) is 13.0 Å². The van der Waals surface area contributed by atoms with E-state index in [9.17, 15) is 9.59 Å². The number of carbonyl (C=O) groups is 2. The van der Waals surface area contributed by atoms with Crippen LogP contribution in [-0.2, 0) is 11.3 Å². The van der Waals surface area contributed by atoms with Gasteiger partial charge in [-0.3, -0.25) is 4.79 Å². The second-order valence-corrected chi connectivity index (χ2v) is 8.81. The Kier molecular flexibility index (Phi) is 6.87. The van der Waals surface area contributed by atoms with Crippen LogP contribution in [-0.4, -0.2) is 63.7 Å². The smallest absolute Gasteiger partial charge is 0.355 e. The summed E-state index contributed by atoms with van der Waals surface area (Å²) in [7, 11) is 2.09. The molecule has 0 spiro atoms. The Balaban J connectivity index is 1.49. The van der Waals surface area contributed by atoms with Crippen molar-refractivity contribution in [3.05, 3.63) is 47.0 Å². The van der Waals surface area contributed by atoms with Crippen LogP contribution in [0, 0.1) is 0 Å². The first kappa shape index (κ1) is 19.9. The number of thioether (sulfide) groups is 1. The molecule has 0 unspecified atom stereocenters. The molecule has 1 aliphatic heterocycles. The summed E-state index contributed by atoms with van der Waals surface area (Å²) in [4.78, 5) is 31.5. The van der Waals surface area contributed by atoms with Crippen molar-refractivity contribution in [1.82, 2.24) is 14.8 Å². The average molecular weight is 406 g/mol. The molecule has 6 nitrogen and oxygen atoms in total. The van der Waals surface area contributed by atoms with Crippen LogP contribution >= 0.6 is 23.1 Å². The number of amides is 1. The van der Waals surface area contributed by atoms with E-state index in [0.717, 1.165) is 29.6 Å². The fraction of sp³-hybridized carbons (Fsp3) is 0.421. The fourth-order valence-electron chi connectivity index (χ4n) is 3.26. The minimum atomic E-state index is -1.01. The Morgan fingerprint density at radius 1 is 1.41 bits per heavy atom. The van der Waals surface area contributed by atoms with Crippen molar-refractivity contribution in [2.45, 2.75) is 29.8 Å². The summed E-state index contributed by atoms with van der Waals surface area (Å²) >= 11 is 2.84. The summed E-state index contributed by atoms with van der Waals surface area (Å²) in [6.07, 6.45) is 1.50. The van der Waals surface area contributed by atoms with E-state index in [4.69, 9.17) is 5.11 Å². The molecule has 1 amide bonds. The first-order valence-corrected chi connectivity index (χ1v) is 10.7. The maximum atomic E-state index is 12.3. The fourth-order valence-corrected chi connectivity index (χ4v) is 5.07. The van der Waals surface area contributed by atoms with Crippen LogP contribution in [0.25, 0.3) is 0 Å². The highest BCUT2D eigenvalue weighted by molar-refractivity contribution is 8.01. The molecule has 1 aliphatic rings. The summed E-state index contributed by atoms with van der Waals surface area (Å²) in [5, 5.41) is 10.5. The summed E-state index contributed by atoms with van der Waals surface area (Å²) in [6, 6.07) is 10.6. The SMILES string of the molecule is CN(Cc1ccccc1)C[C@H]1CCC(=O)N1CCSc1nc(C(=O)O)cs1. The molecule has 3 rings (SSSR count). The molecule has 0 radical (unpaired) electrons. The largest absolute Gasteiger partial charge is 0.476 e. The second-order valence-electron chi connectivity index (χ2n) is 6.61. The first-order valence-electron chi connectivity index (χ1n) is 8.86. The number of hydrogen-bond acceptors (Lipinski definition) is 6. The van der Waals surface area contributed by atoms with Gasteiger partial charge >= 0.3 is 5.97 Å². The topological polar surface area (TPSA) is 73.7 Å². The van der Waals surface area contributed by atoms with Crippen molar-refractivity contribution >= 4 is 35.0 Å². The maximum absolute atomic E-state index is 12.3. The van der Waals surface area contributed by atoms with Gasteiger partial charge in [-0.05, 0) is 19.0 Å². The molecule has 2 aromatic rings. The number of likely N-dealkylation sites (tertiary alicyclic amines) is 1. The van der Waals surface area contributed by atoms with E-state index < -0.39 is 5.97 Å². The van der Waals surface area contributed by atoms with Gasteiger partial charge in [0.2, 0.25) is 5.91 Å². The minimum absolute atomic E-state index is 0.0835. The summed E-state index contributed by atoms with van der Waals surface area (Å²) in [5.74, 6) is -0.0783. The zero-order valence-corrected chi connectivity index (χ0v) is 16.8. The number of benzene rings is 1. The van der Waals surface area contributed by atoms with Gasteiger partial charge in [0.15, 0.2) is 10.0 Å². The molecule has 1 N–H and O–H groups in total. The molecule has 8 heteroatoms. The van der Waals surface area contributed by atoms with Crippen molar-refractivity contribution in [3.8, 4) is 0 Å². The number of aromatic nitrogens is 1. The zero-order chi connectivity index (χ0) is 19.2. The predicted molar refractivity (Wildman–Crippen MR) is 107 cm³/mol. The van der Waals surface area contributed by atoms with Crippen LogP contribution < -0.4 is 0 Å². The molecule has 27 heavy (non-hydrogen) atoms. The van der Waals surface area contributed by atoms with Gasteiger partial charge < -0.3 is 14.9 Å². The van der Waals surface area contributed by atoms with Crippen molar-refractivity contribution in [1.29, 1.82) is 0 Å². The van der Waals surface area contributed by atoms with E-state index in [1.165, 1.54) is 28.7 Å². The number of thiazole rings is 1. The number of carboxylic acid groups (broad SMARTS) is 1. The van der Waals surface area contributed by atoms with Crippen molar-refractivity contribution in [2.24, 2.45) is 0 Å². The van der Waals surface area contributed by atoms with E-state index >= 15 is 0 Å². The summed E-state index contributed by atoms with van der Waals surface area (Å²) in [6.45, 7) is 2.38. The maximum Gasteiger partial charge on any atom is 0.355 e. The molecule has 1 aromatic heterocycles. The lowest BCUT2D eigenvalue weighted by Gasteiger charge is -2.28. The third kappa shape index (κ3) is 5.54. The van der Waals surface area contributed by atoms with Gasteiger partial charge in [-0.15, -0.1) is 11.3 Å². The standard InChI is InChI=1S/C19H23N3O3S2/c1-21(11-14-5-3-2-4-6-14)12-15-7-8-17(23)22(15)9-10-26-19-20-16(13-27-19)18(24)25/h2-6,13,15H,7-12H2,1H3,(H,24,25)/t15-/m1/s1. The summed E-state index contributed by atoms with van der Waals surface area (Å²) < 4.78 is 0.733. The van der Waals surface area contributed by atoms with E-state index in [2.05, 4.69) is 29.1 Å². The Bertz CT molecular complexity index is 782. The van der Waals surface area contributed by atoms with Crippen LogP contribution in [0.4, 0.5) is 0 Å². The third-order valence-electron chi connectivity index (χ3n) is 4.53. The third-order valence-corrected chi connectivity index (χ3v) is 6.53. The Hall–Kier alpha value is -1.90. The summed E-state index contributed by atoms with van der Waals surface area (Å²) in [5.41, 5.74) is 1.35. The van der Waals surface area contributed by atoms with Gasteiger partial charge in [0.05, 0.1) is 0 Å². The highest BCUT2D eigenvalue weighted by Crippen LogP contribution is 2.25. The average Bonchev–Trinajstić information content (AvgIpc) is 3.24. The molecule has 144 valence electrons. The lowest BCUT2D eigenvalue weighted by Crippen LogP contribution is -2.41. The van der Waals surface area contributed by atoms with Crippen LogP contribution in [0.5, 0.6) is 0 Å². The van der Waals surface area contributed by atoms with Gasteiger partial charge in [-0.1, -0.05) is 42.1 Å². The van der Waals surface area contributed by atoms with Gasteiger partial charge in [0, 0.05) is 43.2 Å². The van der Waals surface area contributed by atoms with Crippen LogP contribution in [0.1, 0.15) is 28.9 Å². The minimum Gasteiger partial charge on any atom is -0.476 e. The number of rotatable bonds is 9. The Morgan fingerprint density at radius 2 is 2.19 bits per heavy atom. The molecule has 0 aliphatic carbocycles. The normalized spacial score (nSPS) is 17.0. The monoisotopic (exact) mass is 405 g/mol. The van der Waals surface area contributed by atoms with Crippen molar-refractivity contribution < 1.29 is 14.7 Å². The molecule has 2 heterocycles. The van der Waals surface area contributed by atoms with Gasteiger partial charge in [-0.2, -0.15) is 0 Å². The van der Waals surface area contributed by atoms with E-state index in [1.807, 2.05) is 23.1 Å². The molecule has 0 bridgehead atoms. The Labute approximate surface area is 167 Å². The molecule has 1 atom stereocenters. The van der Waals surface area contributed by atoms with Crippen LogP contribution in [0.2, 0.25) is 0 Å². The molecule has 1 saturated heterocycles. The molecule has 1 aromatic carbocycles. The highest BCUT2D eigenvalue weighted by atomic mass is 32.2. The number of likely N-dealkylation sites (N-methyl/N-ethyl adjacent to an activating group) is 1. The van der Waals surface area contributed by atoms with Crippen LogP contribution in [0.3, 0.4) is 0 Å². The van der Waals surface area contributed by atoms with E-state index in [-0.39, 0.29) is 17.6 Å². The number of aromatic carboxylic acids is 1. The Morgan fingerprint density at radius 3 is 2.89 bits per heavy atom. The molecular formula is C19H23N3O3S2. The van der Waals surface area contributed by atoms with Crippen LogP contribution in [0.15, 0.2) is 40.1 Å². The molecule has 1 fully saturated rings. The molecular weight excluding hydrogens is 382 g/mol. The van der Waals surface area contributed by atoms with Crippen molar-refractivity contribution in [2.75, 3.05) is 25.9 Å². The van der Waals surface area contributed by atoms with Gasteiger partial charge in [0.25, 0.3) is 0 Å². The second kappa shape index (κ2) is 9.34. The van der Waals surface area contributed by atoms with E-state index in [1.54, 1.807) is 5.38 Å². The molecule has 0 saturated carbocycles. The lowest BCUT2D eigenvalue weighted by molar-refractivity contribution is -0.128. The van der Waals surface area contributed by atoms with Gasteiger partial charge in [-0.25, -0.2) is 9.78 Å². The predicted octanol–water partition coefficient (Wildman–Crippen LogP) is 3.06. The van der Waals surface area contributed by atoms with Gasteiger partial charge in [0.1, 0.15) is 0 Å². The number of carboxylic acids is 1. The lowest BCUT2D eigenvalue weighted by atomic mass is 10.2. The quantitative estimate of drug-likeness (QED) is 0.647. The number of carbonyl (C=O) groups excluding carboxylic acids is 1. The number of nitrogens with zero attached hydrogens (tertiary/aromatic N) is 3.